The Morgan fingerprint density at radius 1 is 1.53 bits per heavy atom. The Labute approximate surface area is 91.9 Å². The zero-order valence-electron chi connectivity index (χ0n) is 10.1. The van der Waals surface area contributed by atoms with E-state index < -0.39 is 0 Å². The zero-order chi connectivity index (χ0) is 11.1. The van der Waals surface area contributed by atoms with Gasteiger partial charge in [-0.3, -0.25) is 4.68 Å². The van der Waals surface area contributed by atoms with Crippen molar-refractivity contribution >= 4 is 0 Å². The summed E-state index contributed by atoms with van der Waals surface area (Å²) in [4.78, 5) is 0. The topological polar surface area (TPSA) is 29.9 Å². The predicted octanol–water partition coefficient (Wildman–Crippen LogP) is 2.18. The molecule has 0 bridgehead atoms. The normalized spacial score (nSPS) is 25.0. The SMILES string of the molecule is CC(C)n1ccc(C2CNCC2(C)C)n1. The standard InChI is InChI=1S/C12H21N3/c1-9(2)15-6-5-11(14-15)10-7-13-8-12(10,3)4/h5-6,9-10,13H,7-8H2,1-4H3. The highest BCUT2D eigenvalue weighted by molar-refractivity contribution is 5.14. The van der Waals surface area contributed by atoms with E-state index in [-0.39, 0.29) is 0 Å². The lowest BCUT2D eigenvalue weighted by Crippen LogP contribution is -2.21. The van der Waals surface area contributed by atoms with Gasteiger partial charge in [0.25, 0.3) is 0 Å². The maximum absolute atomic E-state index is 4.66. The van der Waals surface area contributed by atoms with E-state index in [0.717, 1.165) is 13.1 Å². The molecule has 2 heterocycles. The van der Waals surface area contributed by atoms with Crippen LogP contribution in [0, 0.1) is 5.41 Å². The molecular formula is C12H21N3. The highest BCUT2D eigenvalue weighted by Gasteiger charge is 2.36. The molecule has 3 heteroatoms. The Morgan fingerprint density at radius 2 is 2.27 bits per heavy atom. The third-order valence-corrected chi connectivity index (χ3v) is 3.39. The molecule has 0 aliphatic carbocycles. The highest BCUT2D eigenvalue weighted by atomic mass is 15.3. The van der Waals surface area contributed by atoms with Gasteiger partial charge in [0.2, 0.25) is 0 Å². The summed E-state index contributed by atoms with van der Waals surface area (Å²) in [5.74, 6) is 0.553. The minimum atomic E-state index is 0.330. The largest absolute Gasteiger partial charge is 0.315 e. The quantitative estimate of drug-likeness (QED) is 0.805. The number of nitrogens with one attached hydrogen (secondary N) is 1. The Balaban J connectivity index is 2.22. The highest BCUT2D eigenvalue weighted by Crippen LogP contribution is 2.37. The van der Waals surface area contributed by atoms with Gasteiger partial charge in [0.05, 0.1) is 5.69 Å². The first-order valence-electron chi connectivity index (χ1n) is 5.76. The molecule has 1 aliphatic heterocycles. The first-order chi connectivity index (χ1) is 7.00. The average Bonchev–Trinajstić information content (AvgIpc) is 2.69. The molecule has 1 fully saturated rings. The summed E-state index contributed by atoms with van der Waals surface area (Å²) in [7, 11) is 0. The van der Waals surface area contributed by atoms with Gasteiger partial charge in [-0.25, -0.2) is 0 Å². The molecule has 0 aromatic carbocycles. The Morgan fingerprint density at radius 3 is 2.73 bits per heavy atom. The van der Waals surface area contributed by atoms with Gasteiger partial charge in [0.15, 0.2) is 0 Å². The fraction of sp³-hybridized carbons (Fsp3) is 0.750. The summed E-state index contributed by atoms with van der Waals surface area (Å²) in [5.41, 5.74) is 1.56. The van der Waals surface area contributed by atoms with Crippen molar-refractivity contribution in [1.82, 2.24) is 15.1 Å². The van der Waals surface area contributed by atoms with Gasteiger partial charge in [-0.2, -0.15) is 5.10 Å². The minimum Gasteiger partial charge on any atom is -0.315 e. The molecule has 0 radical (unpaired) electrons. The lowest BCUT2D eigenvalue weighted by Gasteiger charge is -2.23. The number of rotatable bonds is 2. The van der Waals surface area contributed by atoms with Crippen molar-refractivity contribution in [3.05, 3.63) is 18.0 Å². The van der Waals surface area contributed by atoms with Crippen LogP contribution in [-0.4, -0.2) is 22.9 Å². The molecule has 0 spiro atoms. The first kappa shape index (κ1) is 10.7. The van der Waals surface area contributed by atoms with Crippen LogP contribution in [0.4, 0.5) is 0 Å². The maximum atomic E-state index is 4.66. The summed E-state index contributed by atoms with van der Waals surface area (Å²) in [6.07, 6.45) is 2.09. The Bertz CT molecular complexity index is 338. The lowest BCUT2D eigenvalue weighted by atomic mass is 9.80. The van der Waals surface area contributed by atoms with E-state index in [4.69, 9.17) is 0 Å². The number of hydrogen-bond acceptors (Lipinski definition) is 2. The fourth-order valence-corrected chi connectivity index (χ4v) is 2.27. The number of hydrogen-bond donors (Lipinski definition) is 1. The van der Waals surface area contributed by atoms with Crippen molar-refractivity contribution in [1.29, 1.82) is 0 Å². The predicted molar refractivity (Wildman–Crippen MR) is 62.0 cm³/mol. The van der Waals surface area contributed by atoms with Gasteiger partial charge in [-0.05, 0) is 25.3 Å². The van der Waals surface area contributed by atoms with E-state index in [1.165, 1.54) is 5.69 Å². The molecule has 1 unspecified atom stereocenters. The van der Waals surface area contributed by atoms with Gasteiger partial charge in [0, 0.05) is 31.2 Å². The summed E-state index contributed by atoms with van der Waals surface area (Å²) in [6.45, 7) is 11.1. The van der Waals surface area contributed by atoms with Crippen LogP contribution in [-0.2, 0) is 0 Å². The zero-order valence-corrected chi connectivity index (χ0v) is 10.1. The van der Waals surface area contributed by atoms with Crippen molar-refractivity contribution in [3.8, 4) is 0 Å². The van der Waals surface area contributed by atoms with E-state index in [1.807, 2.05) is 4.68 Å². The van der Waals surface area contributed by atoms with Crippen LogP contribution >= 0.6 is 0 Å². The van der Waals surface area contributed by atoms with E-state index in [0.29, 0.717) is 17.4 Å². The van der Waals surface area contributed by atoms with Gasteiger partial charge < -0.3 is 5.32 Å². The van der Waals surface area contributed by atoms with Crippen molar-refractivity contribution in [2.45, 2.75) is 39.7 Å². The van der Waals surface area contributed by atoms with Crippen LogP contribution in [0.25, 0.3) is 0 Å². The lowest BCUT2D eigenvalue weighted by molar-refractivity contribution is 0.354. The molecule has 2 rings (SSSR count). The van der Waals surface area contributed by atoms with E-state index in [9.17, 15) is 0 Å². The molecule has 1 aliphatic rings. The van der Waals surface area contributed by atoms with Crippen molar-refractivity contribution in [2.75, 3.05) is 13.1 Å². The molecule has 1 aromatic heterocycles. The molecular weight excluding hydrogens is 186 g/mol. The third-order valence-electron chi connectivity index (χ3n) is 3.39. The van der Waals surface area contributed by atoms with Crippen LogP contribution in [0.5, 0.6) is 0 Å². The third kappa shape index (κ3) is 1.93. The monoisotopic (exact) mass is 207 g/mol. The molecule has 1 saturated heterocycles. The van der Waals surface area contributed by atoms with Crippen LogP contribution in [0.1, 0.15) is 45.3 Å². The summed E-state index contributed by atoms with van der Waals surface area (Å²) in [5, 5.41) is 8.11. The second-order valence-electron chi connectivity index (χ2n) is 5.49. The van der Waals surface area contributed by atoms with Crippen LogP contribution in [0.15, 0.2) is 12.3 Å². The smallest absolute Gasteiger partial charge is 0.0674 e. The number of nitrogens with zero attached hydrogens (tertiary/aromatic N) is 2. The molecule has 1 N–H and O–H groups in total. The molecule has 15 heavy (non-hydrogen) atoms. The van der Waals surface area contributed by atoms with Crippen LogP contribution in [0.2, 0.25) is 0 Å². The Kier molecular flexibility index (Phi) is 2.59. The van der Waals surface area contributed by atoms with E-state index in [1.54, 1.807) is 0 Å². The van der Waals surface area contributed by atoms with Crippen LogP contribution < -0.4 is 5.32 Å². The minimum absolute atomic E-state index is 0.330. The van der Waals surface area contributed by atoms with E-state index in [2.05, 4.69) is 50.4 Å². The molecule has 3 nitrogen and oxygen atoms in total. The van der Waals surface area contributed by atoms with Gasteiger partial charge in [-0.15, -0.1) is 0 Å². The second-order valence-corrected chi connectivity index (χ2v) is 5.49. The van der Waals surface area contributed by atoms with E-state index >= 15 is 0 Å². The van der Waals surface area contributed by atoms with Crippen molar-refractivity contribution in [2.24, 2.45) is 5.41 Å². The summed E-state index contributed by atoms with van der Waals surface area (Å²) < 4.78 is 2.05. The first-order valence-corrected chi connectivity index (χ1v) is 5.76. The molecule has 1 atom stereocenters. The molecule has 1 aromatic rings. The molecule has 0 amide bonds. The van der Waals surface area contributed by atoms with Crippen molar-refractivity contribution in [3.63, 3.8) is 0 Å². The van der Waals surface area contributed by atoms with Crippen LogP contribution in [0.3, 0.4) is 0 Å². The Hall–Kier alpha value is -0.830. The summed E-state index contributed by atoms with van der Waals surface area (Å²) >= 11 is 0. The maximum Gasteiger partial charge on any atom is 0.0674 e. The molecule has 84 valence electrons. The van der Waals surface area contributed by atoms with Gasteiger partial charge in [0.1, 0.15) is 0 Å². The number of aromatic nitrogens is 2. The van der Waals surface area contributed by atoms with Crippen molar-refractivity contribution < 1.29 is 0 Å². The second kappa shape index (κ2) is 3.63. The fourth-order valence-electron chi connectivity index (χ4n) is 2.27. The summed E-state index contributed by atoms with van der Waals surface area (Å²) in [6, 6.07) is 2.62. The van der Waals surface area contributed by atoms with Gasteiger partial charge >= 0.3 is 0 Å². The molecule has 0 saturated carbocycles. The average molecular weight is 207 g/mol. The van der Waals surface area contributed by atoms with Gasteiger partial charge in [-0.1, -0.05) is 13.8 Å².